The highest BCUT2D eigenvalue weighted by Crippen LogP contribution is 2.68. The number of rotatable bonds is 20. The molecule has 34 heteroatoms. The van der Waals surface area contributed by atoms with Crippen LogP contribution < -0.4 is 9.62 Å². The van der Waals surface area contributed by atoms with Crippen LogP contribution in [0, 0.1) is 29.4 Å². The maximum Gasteiger partial charge on any atom is 0.435 e. The fourth-order valence-corrected chi connectivity index (χ4v) is 10.6. The van der Waals surface area contributed by atoms with Gasteiger partial charge in [-0.3, -0.25) is 33.3 Å². The van der Waals surface area contributed by atoms with Crippen LogP contribution in [0.25, 0.3) is 22.0 Å². The fourth-order valence-electron chi connectivity index (χ4n) is 9.26. The van der Waals surface area contributed by atoms with Crippen molar-refractivity contribution in [1.29, 1.82) is 0 Å². The highest BCUT2D eigenvalue weighted by atomic mass is 35.5. The molecule has 5 aromatic rings. The van der Waals surface area contributed by atoms with Crippen molar-refractivity contribution in [3.63, 3.8) is 0 Å². The van der Waals surface area contributed by atoms with E-state index in [0.717, 1.165) is 42.7 Å². The molecule has 0 aliphatic heterocycles. The lowest BCUT2D eigenvalue weighted by atomic mass is 9.93. The van der Waals surface area contributed by atoms with Gasteiger partial charge < -0.3 is 25.5 Å². The summed E-state index contributed by atoms with van der Waals surface area (Å²) < 4.78 is 199. The number of nitrogens with one attached hydrogen (secondary N) is 1. The van der Waals surface area contributed by atoms with Gasteiger partial charge >= 0.3 is 30.3 Å². The molecule has 21 nitrogen and oxygen atoms in total. The molecule has 2 aliphatic carbocycles. The Morgan fingerprint density at radius 2 is 1.50 bits per heavy atom. The Morgan fingerprint density at radius 1 is 0.881 bits per heavy atom. The minimum atomic E-state index is -5.31. The van der Waals surface area contributed by atoms with Crippen molar-refractivity contribution >= 4 is 83.8 Å². The van der Waals surface area contributed by atoms with E-state index in [-0.39, 0.29) is 42.7 Å². The molecule has 84 heavy (non-hydrogen) atoms. The number of hydrogen-bond acceptors (Lipinski definition) is 13. The maximum atomic E-state index is 15.7. The lowest BCUT2D eigenvalue weighted by molar-refractivity contribution is -0.154. The number of sulfone groups is 1. The molecule has 2 aliphatic rings. The van der Waals surface area contributed by atoms with E-state index in [9.17, 15) is 96.0 Å². The van der Waals surface area contributed by atoms with E-state index in [0.29, 0.717) is 12.3 Å². The Labute approximate surface area is 472 Å². The Bertz CT molecular complexity index is 3890. The van der Waals surface area contributed by atoms with E-state index in [1.54, 1.807) is 0 Å². The van der Waals surface area contributed by atoms with Gasteiger partial charge in [-0.05, 0) is 74.4 Å². The largest absolute Gasteiger partial charge is 0.481 e. The Balaban J connectivity index is 1.46. The molecule has 0 radical (unpaired) electrons. The second-order valence-corrected chi connectivity index (χ2v) is 24.6. The van der Waals surface area contributed by atoms with Crippen LogP contribution in [0.3, 0.4) is 0 Å². The van der Waals surface area contributed by atoms with Gasteiger partial charge in [0.15, 0.2) is 21.3 Å². The van der Waals surface area contributed by atoms with Gasteiger partial charge in [-0.25, -0.2) is 35.4 Å². The highest BCUT2D eigenvalue weighted by molar-refractivity contribution is 7.93. The highest BCUT2D eigenvalue weighted by Gasteiger charge is 2.68. The third-order valence-corrected chi connectivity index (χ3v) is 16.6. The smallest absolute Gasteiger partial charge is 0.435 e. The molecule has 4 N–H and O–H groups in total. The number of anilines is 1. The molecule has 1 saturated carbocycles. The van der Waals surface area contributed by atoms with Crippen LogP contribution >= 0.6 is 11.6 Å². The summed E-state index contributed by atoms with van der Waals surface area (Å²) in [5.41, 5.74) is -6.91. The zero-order valence-electron chi connectivity index (χ0n) is 43.5. The summed E-state index contributed by atoms with van der Waals surface area (Å²) in [5, 5.41) is 36.3. The first-order valence-electron chi connectivity index (χ1n) is 24.1. The summed E-state index contributed by atoms with van der Waals surface area (Å²) in [6.45, 7) is -2.17. The summed E-state index contributed by atoms with van der Waals surface area (Å²) in [5.74, 6) is -15.6. The summed E-state index contributed by atoms with van der Waals surface area (Å²) in [4.78, 5) is 81.4. The predicted molar refractivity (Wildman–Crippen MR) is 272 cm³/mol. The van der Waals surface area contributed by atoms with Crippen molar-refractivity contribution < 1.29 is 105 Å². The van der Waals surface area contributed by atoms with E-state index >= 15 is 8.78 Å². The van der Waals surface area contributed by atoms with Gasteiger partial charge in [-0.1, -0.05) is 23.6 Å². The number of sulfonamides is 1. The number of nitrogens with zero attached hydrogens (tertiary/aromatic N) is 7. The second-order valence-electron chi connectivity index (χ2n) is 19.8. The normalized spacial score (nSPS) is 16.5. The quantitative estimate of drug-likeness (QED) is 0.0374. The van der Waals surface area contributed by atoms with E-state index in [4.69, 9.17) is 11.6 Å². The summed E-state index contributed by atoms with van der Waals surface area (Å²) >= 11 is 6.63. The minimum absolute atomic E-state index is 0.0894. The van der Waals surface area contributed by atoms with Crippen LogP contribution in [0.15, 0.2) is 54.6 Å². The van der Waals surface area contributed by atoms with E-state index in [2.05, 4.69) is 32.3 Å². The monoisotopic (exact) mass is 1250 g/mol. The molecule has 0 spiro atoms. The van der Waals surface area contributed by atoms with Crippen LogP contribution in [0.1, 0.15) is 79.0 Å². The van der Waals surface area contributed by atoms with Gasteiger partial charge in [0.2, 0.25) is 21.8 Å². The van der Waals surface area contributed by atoms with Crippen LogP contribution in [-0.4, -0.2) is 133 Å². The maximum absolute atomic E-state index is 15.7. The number of carbonyl (C=O) groups is 6. The number of amides is 3. The molecule has 0 bridgehead atoms. The summed E-state index contributed by atoms with van der Waals surface area (Å²) in [6, 6.07) is 1.70. The van der Waals surface area contributed by atoms with Crippen LogP contribution in [0.5, 0.6) is 0 Å². The van der Waals surface area contributed by atoms with Crippen molar-refractivity contribution in [2.45, 2.75) is 93.6 Å². The number of hydrogen-bond donors (Lipinski definition) is 4. The number of pyridine rings is 1. The minimum Gasteiger partial charge on any atom is -0.481 e. The van der Waals surface area contributed by atoms with Gasteiger partial charge in [0.1, 0.15) is 46.9 Å². The summed E-state index contributed by atoms with van der Waals surface area (Å²) in [7, 11) is -9.17. The predicted octanol–water partition coefficient (Wildman–Crippen LogP) is 6.37. The van der Waals surface area contributed by atoms with Crippen LogP contribution in [-0.2, 0) is 80.2 Å². The van der Waals surface area contributed by atoms with Crippen LogP contribution in [0.4, 0.5) is 49.7 Å². The number of halogens is 11. The zero-order chi connectivity index (χ0) is 62.7. The number of aliphatic carboxylic acids is 3. The van der Waals surface area contributed by atoms with Gasteiger partial charge in [0.25, 0.3) is 11.8 Å². The van der Waals surface area contributed by atoms with Crippen LogP contribution in [0.2, 0.25) is 5.02 Å². The number of fused-ring (bicyclic) bond motifs is 4. The molecule has 450 valence electrons. The Hall–Kier alpha value is -8.12. The van der Waals surface area contributed by atoms with Gasteiger partial charge in [-0.2, -0.15) is 49.6 Å². The van der Waals surface area contributed by atoms with Crippen molar-refractivity contribution in [2.75, 3.05) is 23.4 Å². The number of aromatic nitrogens is 5. The number of alkyl halides is 8. The van der Waals surface area contributed by atoms with Gasteiger partial charge in [0.05, 0.1) is 46.8 Å². The van der Waals surface area contributed by atoms with Gasteiger partial charge in [-0.15, -0.1) is 0 Å². The van der Waals surface area contributed by atoms with E-state index in [1.807, 2.05) is 0 Å². The molecule has 3 heterocycles. The third-order valence-electron chi connectivity index (χ3n) is 13.3. The first kappa shape index (κ1) is 63.5. The SMILES string of the molecule is CC(C)(C#Cc1ccc(-c2ccc(Cl)c3c(N(C(=O)/C=C/C(=O)N(CCC(=O)O)[C@@H](CC(=O)O)C(=O)O)S(C)(=O)=O)nn(CC(F)(F)F)c23)c([C@H](Cc2cc(F)cc(F)c2)NC(=O)Cn2nc(C(F)(F)F)c3c2C(F)(F)[C@@H]2CC32)n1)S(C)(=O)=O. The molecule has 1 fully saturated rings. The number of carbonyl (C=O) groups excluding carboxylic acids is 3. The number of carboxylic acids is 3. The average Bonchev–Trinajstić information content (AvgIpc) is 1.53. The van der Waals surface area contributed by atoms with Crippen molar-refractivity contribution in [3.05, 3.63) is 105 Å². The number of carboxylic acid groups (broad SMARTS) is 3. The molecular formula is C50H43ClF10N8O13S2. The Morgan fingerprint density at radius 3 is 2.06 bits per heavy atom. The lowest BCUT2D eigenvalue weighted by Gasteiger charge is -2.26. The molecule has 7 rings (SSSR count). The molecular weight excluding hydrogens is 1210 g/mol. The average molecular weight is 1250 g/mol. The van der Waals surface area contributed by atoms with E-state index < -0.39 is 214 Å². The summed E-state index contributed by atoms with van der Waals surface area (Å²) in [6.07, 6.45) is -12.5. The molecule has 3 amide bonds. The second kappa shape index (κ2) is 22.8. The van der Waals surface area contributed by atoms with Gasteiger partial charge in [0, 0.05) is 53.6 Å². The first-order chi connectivity index (χ1) is 38.6. The van der Waals surface area contributed by atoms with Crippen molar-refractivity contribution in [2.24, 2.45) is 5.92 Å². The molecule has 4 atom stereocenters. The van der Waals surface area contributed by atoms with Crippen molar-refractivity contribution in [1.82, 2.24) is 34.8 Å². The molecule has 1 unspecified atom stereocenters. The molecule has 0 saturated heterocycles. The third kappa shape index (κ3) is 13.6. The standard InChI is InChI=1S/C50H43ClF10N8O13S2/c1-47(2,83(3,79)80)13-11-26-5-6-27(41(62-26)32(17-23-15-24(52)18-25(53)16-23)63-34(70)21-67-44-39(43(64-67)50(59,60)61)29-19-30(29)49(44,57)58)28-7-8-31(51)40-42(28)68(22-48(54,55)56)65-45(40)69(84(4,81)82)36(72)10-9-35(71)66(14-12-37(73)74)33(46(77)78)20-38(75)76/h5-10,15-16,18,29-30,32-33H,12,14,17,19-22H2,1-4H3,(H,63,70)(H,73,74)(H,75,76)(H,77,78)/b10-9+/t29?,30-,32+,33+/m1/s1. The number of benzene rings is 2. The molecule has 3 aromatic heterocycles. The fraction of sp³-hybridized carbons (Fsp3) is 0.380. The van der Waals surface area contributed by atoms with Crippen molar-refractivity contribution in [3.8, 4) is 23.0 Å². The lowest BCUT2D eigenvalue weighted by Crippen LogP contribution is -2.46. The topological polar surface area (TPSA) is 298 Å². The molecule has 2 aromatic carbocycles. The zero-order valence-corrected chi connectivity index (χ0v) is 45.9. The van der Waals surface area contributed by atoms with E-state index in [1.165, 1.54) is 13.8 Å². The Kier molecular flexibility index (Phi) is 17.2. The first-order valence-corrected chi connectivity index (χ1v) is 28.2.